The SMILES string of the molecule is CCCCCCCCCCc1cccc(OC(=S)NCC2(C)CC(NC(O)=S)CC(C)(C)C2)c1CCCCCCCCCC. The fourth-order valence-electron chi connectivity index (χ4n) is 7.58. The third kappa shape index (κ3) is 16.2. The second-order valence-corrected chi connectivity index (χ2v) is 15.6. The van der Waals surface area contributed by atoms with Crippen LogP contribution in [0.1, 0.15) is 168 Å². The Hall–Kier alpha value is -1.40. The molecule has 1 fully saturated rings. The predicted molar refractivity (Wildman–Crippen MR) is 198 cm³/mol. The molecule has 0 aromatic heterocycles. The fraction of sp³-hybridized carbons (Fsp3) is 0.789. The molecule has 0 saturated heterocycles. The number of aryl methyl sites for hydroxylation is 1. The van der Waals surface area contributed by atoms with Gasteiger partial charge in [0.1, 0.15) is 5.75 Å². The zero-order valence-electron chi connectivity index (χ0n) is 29.0. The van der Waals surface area contributed by atoms with Crippen molar-refractivity contribution in [2.24, 2.45) is 10.8 Å². The minimum absolute atomic E-state index is 0.00989. The van der Waals surface area contributed by atoms with Crippen LogP contribution in [0.2, 0.25) is 0 Å². The number of unbranched alkanes of at least 4 members (excludes halogenated alkanes) is 14. The van der Waals surface area contributed by atoms with E-state index in [2.05, 4.69) is 63.5 Å². The maximum atomic E-state index is 9.70. The number of benzene rings is 1. The molecule has 1 aliphatic carbocycles. The van der Waals surface area contributed by atoms with Crippen LogP contribution in [0, 0.1) is 10.8 Å². The zero-order chi connectivity index (χ0) is 32.3. The lowest BCUT2D eigenvalue weighted by molar-refractivity contribution is 0.0785. The Morgan fingerprint density at radius 1 is 0.795 bits per heavy atom. The van der Waals surface area contributed by atoms with Gasteiger partial charge in [0.25, 0.3) is 10.3 Å². The molecular weight excluding hydrogens is 581 g/mol. The van der Waals surface area contributed by atoms with Gasteiger partial charge in [-0.25, -0.2) is 0 Å². The van der Waals surface area contributed by atoms with Crippen LogP contribution >= 0.6 is 24.4 Å². The first-order valence-corrected chi connectivity index (χ1v) is 18.9. The number of ether oxygens (including phenoxy) is 1. The fourth-order valence-corrected chi connectivity index (χ4v) is 7.90. The molecule has 4 nitrogen and oxygen atoms in total. The van der Waals surface area contributed by atoms with E-state index in [1.54, 1.807) is 0 Å². The van der Waals surface area contributed by atoms with Crippen LogP contribution in [-0.4, -0.2) is 28.0 Å². The summed E-state index contributed by atoms with van der Waals surface area (Å²) in [7, 11) is 0. The van der Waals surface area contributed by atoms with Crippen molar-refractivity contribution in [2.75, 3.05) is 6.54 Å². The monoisotopic (exact) mass is 646 g/mol. The normalized spacial score (nSPS) is 19.4. The number of rotatable bonds is 22. The van der Waals surface area contributed by atoms with E-state index in [1.165, 1.54) is 114 Å². The number of hydrogen-bond acceptors (Lipinski definition) is 3. The Morgan fingerprint density at radius 3 is 1.91 bits per heavy atom. The number of aliphatic hydroxyl groups is 1. The van der Waals surface area contributed by atoms with Crippen molar-refractivity contribution in [3.05, 3.63) is 29.3 Å². The van der Waals surface area contributed by atoms with Crippen LogP contribution in [0.4, 0.5) is 0 Å². The molecular formula is C38H66N2O2S2. The molecule has 2 unspecified atom stereocenters. The Labute approximate surface area is 282 Å². The van der Waals surface area contributed by atoms with E-state index in [1.807, 2.05) is 0 Å². The molecule has 1 aliphatic rings. The summed E-state index contributed by atoms with van der Waals surface area (Å²) < 4.78 is 6.41. The van der Waals surface area contributed by atoms with Crippen molar-refractivity contribution in [3.63, 3.8) is 0 Å². The van der Waals surface area contributed by atoms with Crippen molar-refractivity contribution in [2.45, 2.75) is 175 Å². The molecule has 6 heteroatoms. The van der Waals surface area contributed by atoms with Gasteiger partial charge in [-0.1, -0.05) is 137 Å². The highest BCUT2D eigenvalue weighted by Crippen LogP contribution is 2.45. The van der Waals surface area contributed by atoms with E-state index in [9.17, 15) is 5.11 Å². The largest absolute Gasteiger partial charge is 0.487 e. The molecule has 1 aromatic carbocycles. The van der Waals surface area contributed by atoms with Crippen LogP contribution in [0.5, 0.6) is 5.75 Å². The molecule has 2 atom stereocenters. The van der Waals surface area contributed by atoms with Crippen LogP contribution in [0.15, 0.2) is 18.2 Å². The van der Waals surface area contributed by atoms with Gasteiger partial charge in [-0.05, 0) is 97.4 Å². The summed E-state index contributed by atoms with van der Waals surface area (Å²) in [5.74, 6) is 0.932. The summed E-state index contributed by atoms with van der Waals surface area (Å²) >= 11 is 10.7. The highest BCUT2D eigenvalue weighted by molar-refractivity contribution is 7.80. The van der Waals surface area contributed by atoms with E-state index < -0.39 is 0 Å². The van der Waals surface area contributed by atoms with E-state index in [4.69, 9.17) is 29.2 Å². The van der Waals surface area contributed by atoms with Crippen molar-refractivity contribution in [1.82, 2.24) is 10.6 Å². The number of nitrogens with one attached hydrogen (secondary N) is 2. The van der Waals surface area contributed by atoms with Crippen molar-refractivity contribution < 1.29 is 9.84 Å². The van der Waals surface area contributed by atoms with Gasteiger partial charge in [0, 0.05) is 12.6 Å². The van der Waals surface area contributed by atoms with Gasteiger partial charge in [-0.15, -0.1) is 0 Å². The van der Waals surface area contributed by atoms with E-state index in [0.29, 0.717) is 5.17 Å². The maximum absolute atomic E-state index is 9.70. The average Bonchev–Trinajstić information content (AvgIpc) is 2.94. The van der Waals surface area contributed by atoms with Gasteiger partial charge >= 0.3 is 0 Å². The zero-order valence-corrected chi connectivity index (χ0v) is 30.7. The Balaban J connectivity index is 1.98. The minimum atomic E-state index is -0.113. The molecule has 0 spiro atoms. The Bertz CT molecular complexity index is 966. The number of thiocarbonyl (C=S) groups is 2. The van der Waals surface area contributed by atoms with Gasteiger partial charge in [0.15, 0.2) is 0 Å². The topological polar surface area (TPSA) is 53.5 Å². The highest BCUT2D eigenvalue weighted by Gasteiger charge is 2.41. The molecule has 252 valence electrons. The van der Waals surface area contributed by atoms with Crippen LogP contribution in [-0.2, 0) is 12.8 Å². The number of aliphatic hydroxyl groups excluding tert-OH is 1. The predicted octanol–water partition coefficient (Wildman–Crippen LogP) is 11.3. The van der Waals surface area contributed by atoms with Gasteiger partial charge in [0.05, 0.1) is 0 Å². The third-order valence-electron chi connectivity index (χ3n) is 9.44. The molecule has 2 rings (SSSR count). The van der Waals surface area contributed by atoms with Gasteiger partial charge in [0.2, 0.25) is 0 Å². The summed E-state index contributed by atoms with van der Waals surface area (Å²) in [6, 6.07) is 6.73. The average molecular weight is 647 g/mol. The first kappa shape index (κ1) is 38.8. The smallest absolute Gasteiger partial charge is 0.262 e. The van der Waals surface area contributed by atoms with Crippen LogP contribution in [0.25, 0.3) is 0 Å². The van der Waals surface area contributed by atoms with Crippen molar-refractivity contribution in [3.8, 4) is 5.75 Å². The molecule has 0 aliphatic heterocycles. The molecule has 0 amide bonds. The highest BCUT2D eigenvalue weighted by atomic mass is 32.1. The van der Waals surface area contributed by atoms with Gasteiger partial charge < -0.3 is 20.5 Å². The van der Waals surface area contributed by atoms with Crippen LogP contribution in [0.3, 0.4) is 0 Å². The van der Waals surface area contributed by atoms with Crippen molar-refractivity contribution in [1.29, 1.82) is 0 Å². The third-order valence-corrected chi connectivity index (χ3v) is 9.79. The summed E-state index contributed by atoms with van der Waals surface area (Å²) in [6.45, 7) is 12.2. The van der Waals surface area contributed by atoms with Crippen LogP contribution < -0.4 is 15.4 Å². The molecule has 0 radical (unpaired) electrons. The summed E-state index contributed by atoms with van der Waals surface area (Å²) in [4.78, 5) is 0. The summed E-state index contributed by atoms with van der Waals surface area (Å²) in [5.41, 5.74) is 2.95. The van der Waals surface area contributed by atoms with E-state index >= 15 is 0 Å². The molecule has 44 heavy (non-hydrogen) atoms. The van der Waals surface area contributed by atoms with Crippen molar-refractivity contribution >= 4 is 34.8 Å². The quantitative estimate of drug-likeness (QED) is 0.0861. The first-order chi connectivity index (χ1) is 21.1. The first-order valence-electron chi connectivity index (χ1n) is 18.1. The minimum Gasteiger partial charge on any atom is -0.487 e. The molecule has 0 heterocycles. The molecule has 0 bridgehead atoms. The lowest BCUT2D eigenvalue weighted by atomic mass is 9.62. The van der Waals surface area contributed by atoms with E-state index in [-0.39, 0.29) is 22.0 Å². The molecule has 1 aromatic rings. The van der Waals surface area contributed by atoms with Gasteiger partial charge in [-0.2, -0.15) is 0 Å². The Morgan fingerprint density at radius 2 is 1.34 bits per heavy atom. The standard InChI is InChI=1S/C38H66N2O2S2/c1-6-8-10-12-14-16-18-20-23-31-24-22-26-34(33(31)25-21-19-17-15-13-11-9-7-2)42-36(44)39-30-38(5)28-32(40-35(41)43)27-37(3,4)29-38/h22,24,26,32H,6-21,23,25,27-30H2,1-5H3,(H,39,44)(H2,40,41,43). The van der Waals surface area contributed by atoms with E-state index in [0.717, 1.165) is 44.4 Å². The van der Waals surface area contributed by atoms with Gasteiger partial charge in [-0.3, -0.25) is 0 Å². The second-order valence-electron chi connectivity index (χ2n) is 14.8. The number of hydrogen-bond donors (Lipinski definition) is 3. The molecule has 1 saturated carbocycles. The summed E-state index contributed by atoms with van der Waals surface area (Å²) in [6.07, 6.45) is 26.5. The molecule has 3 N–H and O–H groups in total. The lowest BCUT2D eigenvalue weighted by Crippen LogP contribution is -2.50. The Kier molecular flexibility index (Phi) is 18.9. The maximum Gasteiger partial charge on any atom is 0.262 e. The lowest BCUT2D eigenvalue weighted by Gasteiger charge is -2.47. The summed E-state index contributed by atoms with van der Waals surface area (Å²) in [5, 5.41) is 16.6. The second kappa shape index (κ2) is 21.4.